The predicted molar refractivity (Wildman–Crippen MR) is 75.4 cm³/mol. The minimum absolute atomic E-state index is 0.222. The summed E-state index contributed by atoms with van der Waals surface area (Å²) in [7, 11) is 0. The Balaban J connectivity index is 1.98. The van der Waals surface area contributed by atoms with E-state index in [1.807, 2.05) is 31.2 Å². The summed E-state index contributed by atoms with van der Waals surface area (Å²) < 4.78 is 11.5. The van der Waals surface area contributed by atoms with E-state index in [0.717, 1.165) is 54.1 Å². The van der Waals surface area contributed by atoms with Gasteiger partial charge in [-0.1, -0.05) is 0 Å². The molecule has 0 saturated carbocycles. The van der Waals surface area contributed by atoms with Crippen LogP contribution in [-0.2, 0) is 4.74 Å². The van der Waals surface area contributed by atoms with Crippen LogP contribution in [0.2, 0.25) is 0 Å². The van der Waals surface area contributed by atoms with E-state index in [1.54, 1.807) is 0 Å². The monoisotopic (exact) mass is 258 g/mol. The highest BCUT2D eigenvalue weighted by Crippen LogP contribution is 2.29. The van der Waals surface area contributed by atoms with Gasteiger partial charge in [-0.3, -0.25) is 4.98 Å². The molecule has 4 nitrogen and oxygen atoms in total. The molecule has 3 rings (SSSR count). The third-order valence-electron chi connectivity index (χ3n) is 3.38. The highest BCUT2D eigenvalue weighted by Gasteiger charge is 2.17. The Morgan fingerprint density at radius 2 is 2.05 bits per heavy atom. The Labute approximate surface area is 112 Å². The Morgan fingerprint density at radius 3 is 2.84 bits per heavy atom. The quantitative estimate of drug-likeness (QED) is 0.841. The molecule has 0 unspecified atom stereocenters. The van der Waals surface area contributed by atoms with Gasteiger partial charge < -0.3 is 15.2 Å². The van der Waals surface area contributed by atoms with Crippen LogP contribution in [-0.4, -0.2) is 24.3 Å². The number of aryl methyl sites for hydroxylation is 1. The highest BCUT2D eigenvalue weighted by molar-refractivity contribution is 5.87. The van der Waals surface area contributed by atoms with E-state index in [9.17, 15) is 0 Å². The van der Waals surface area contributed by atoms with E-state index < -0.39 is 0 Å². The van der Waals surface area contributed by atoms with Gasteiger partial charge in [0, 0.05) is 35.7 Å². The Bertz CT molecular complexity index is 592. The van der Waals surface area contributed by atoms with Gasteiger partial charge in [0.25, 0.3) is 0 Å². The first-order chi connectivity index (χ1) is 9.22. The first-order valence-electron chi connectivity index (χ1n) is 6.63. The average molecular weight is 258 g/mol. The summed E-state index contributed by atoms with van der Waals surface area (Å²) in [6.45, 7) is 3.52. The molecule has 100 valence electrons. The van der Waals surface area contributed by atoms with Crippen LogP contribution in [0.1, 0.15) is 18.5 Å². The minimum atomic E-state index is 0.222. The number of hydrogen-bond donors (Lipinski definition) is 1. The topological polar surface area (TPSA) is 57.4 Å². The smallest absolute Gasteiger partial charge is 0.130 e. The maximum absolute atomic E-state index is 6.13. The number of nitrogen functional groups attached to an aromatic ring is 1. The zero-order valence-corrected chi connectivity index (χ0v) is 11.1. The summed E-state index contributed by atoms with van der Waals surface area (Å²) in [6, 6.07) is 7.72. The van der Waals surface area contributed by atoms with Gasteiger partial charge in [0.1, 0.15) is 11.9 Å². The van der Waals surface area contributed by atoms with Gasteiger partial charge in [-0.15, -0.1) is 0 Å². The lowest BCUT2D eigenvalue weighted by molar-refractivity contribution is 0.0261. The molecular weight excluding hydrogens is 240 g/mol. The van der Waals surface area contributed by atoms with Crippen molar-refractivity contribution in [2.45, 2.75) is 25.9 Å². The number of nitrogens with two attached hydrogens (primary N) is 1. The number of rotatable bonds is 2. The van der Waals surface area contributed by atoms with Crippen molar-refractivity contribution in [3.8, 4) is 5.75 Å². The lowest BCUT2D eigenvalue weighted by Gasteiger charge is -2.24. The molecule has 1 saturated heterocycles. The number of pyridine rings is 1. The zero-order chi connectivity index (χ0) is 13.2. The number of ether oxygens (including phenoxy) is 2. The van der Waals surface area contributed by atoms with E-state index in [-0.39, 0.29) is 6.10 Å². The van der Waals surface area contributed by atoms with Crippen molar-refractivity contribution in [2.75, 3.05) is 18.9 Å². The van der Waals surface area contributed by atoms with Gasteiger partial charge in [0.15, 0.2) is 0 Å². The fraction of sp³-hybridized carbons (Fsp3) is 0.400. The Hall–Kier alpha value is -1.81. The summed E-state index contributed by atoms with van der Waals surface area (Å²) in [5.41, 5.74) is 8.48. The summed E-state index contributed by atoms with van der Waals surface area (Å²) in [5.74, 6) is 0.877. The minimum Gasteiger partial charge on any atom is -0.489 e. The number of hydrogen-bond acceptors (Lipinski definition) is 4. The number of fused-ring (bicyclic) bond motifs is 1. The van der Waals surface area contributed by atoms with Crippen molar-refractivity contribution in [1.29, 1.82) is 0 Å². The second-order valence-corrected chi connectivity index (χ2v) is 4.97. The fourth-order valence-electron chi connectivity index (χ4n) is 2.41. The Morgan fingerprint density at radius 1 is 1.26 bits per heavy atom. The van der Waals surface area contributed by atoms with E-state index in [1.165, 1.54) is 0 Å². The van der Waals surface area contributed by atoms with Gasteiger partial charge in [0.2, 0.25) is 0 Å². The normalized spacial score (nSPS) is 16.7. The standard InChI is InChI=1S/C15H18N2O2/c1-10-8-15(19-12-4-6-18-7-5-12)13-9-11(16)2-3-14(13)17-10/h2-3,8-9,12H,4-7,16H2,1H3. The van der Waals surface area contributed by atoms with Crippen molar-refractivity contribution in [1.82, 2.24) is 4.98 Å². The fourth-order valence-corrected chi connectivity index (χ4v) is 2.41. The highest BCUT2D eigenvalue weighted by atomic mass is 16.5. The molecular formula is C15H18N2O2. The lowest BCUT2D eigenvalue weighted by atomic mass is 10.1. The van der Waals surface area contributed by atoms with Gasteiger partial charge >= 0.3 is 0 Å². The second-order valence-electron chi connectivity index (χ2n) is 4.97. The lowest BCUT2D eigenvalue weighted by Crippen LogP contribution is -2.26. The predicted octanol–water partition coefficient (Wildman–Crippen LogP) is 2.68. The van der Waals surface area contributed by atoms with Crippen molar-refractivity contribution < 1.29 is 9.47 Å². The molecule has 4 heteroatoms. The molecule has 2 heterocycles. The molecule has 0 spiro atoms. The Kier molecular flexibility index (Phi) is 3.25. The second kappa shape index (κ2) is 5.05. The van der Waals surface area contributed by atoms with E-state index >= 15 is 0 Å². The zero-order valence-electron chi connectivity index (χ0n) is 11.1. The third-order valence-corrected chi connectivity index (χ3v) is 3.38. The molecule has 1 aliphatic rings. The molecule has 0 atom stereocenters. The molecule has 1 fully saturated rings. The molecule has 1 aromatic carbocycles. The maximum atomic E-state index is 6.13. The molecule has 19 heavy (non-hydrogen) atoms. The van der Waals surface area contributed by atoms with Gasteiger partial charge in [0.05, 0.1) is 18.7 Å². The molecule has 1 aliphatic heterocycles. The van der Waals surface area contributed by atoms with Gasteiger partial charge in [-0.2, -0.15) is 0 Å². The molecule has 0 radical (unpaired) electrons. The SMILES string of the molecule is Cc1cc(OC2CCOCC2)c2cc(N)ccc2n1. The van der Waals surface area contributed by atoms with Crippen molar-refractivity contribution >= 4 is 16.6 Å². The van der Waals surface area contributed by atoms with E-state index in [2.05, 4.69) is 4.98 Å². The summed E-state index contributed by atoms with van der Waals surface area (Å²) >= 11 is 0. The number of benzene rings is 1. The van der Waals surface area contributed by atoms with Crippen LogP contribution in [0, 0.1) is 6.92 Å². The van der Waals surface area contributed by atoms with Crippen LogP contribution < -0.4 is 10.5 Å². The third kappa shape index (κ3) is 2.63. The van der Waals surface area contributed by atoms with E-state index in [0.29, 0.717) is 0 Å². The number of nitrogens with zero attached hydrogens (tertiary/aromatic N) is 1. The van der Waals surface area contributed by atoms with Crippen LogP contribution in [0.15, 0.2) is 24.3 Å². The van der Waals surface area contributed by atoms with Crippen molar-refractivity contribution in [3.05, 3.63) is 30.0 Å². The summed E-state index contributed by atoms with van der Waals surface area (Å²) in [6.07, 6.45) is 2.09. The molecule has 0 bridgehead atoms. The molecule has 0 amide bonds. The first-order valence-corrected chi connectivity index (χ1v) is 6.63. The maximum Gasteiger partial charge on any atom is 0.130 e. The molecule has 0 aliphatic carbocycles. The number of anilines is 1. The summed E-state index contributed by atoms with van der Waals surface area (Å²) in [5, 5.41) is 0.983. The average Bonchev–Trinajstić information content (AvgIpc) is 2.41. The summed E-state index contributed by atoms with van der Waals surface area (Å²) in [4.78, 5) is 4.51. The van der Waals surface area contributed by atoms with Crippen LogP contribution in [0.25, 0.3) is 10.9 Å². The van der Waals surface area contributed by atoms with Crippen LogP contribution in [0.5, 0.6) is 5.75 Å². The first kappa shape index (κ1) is 12.2. The van der Waals surface area contributed by atoms with E-state index in [4.69, 9.17) is 15.2 Å². The van der Waals surface area contributed by atoms with Crippen LogP contribution in [0.3, 0.4) is 0 Å². The molecule has 1 aromatic heterocycles. The van der Waals surface area contributed by atoms with Gasteiger partial charge in [-0.25, -0.2) is 0 Å². The largest absolute Gasteiger partial charge is 0.489 e. The van der Waals surface area contributed by atoms with Crippen LogP contribution in [0.4, 0.5) is 5.69 Å². The van der Waals surface area contributed by atoms with Crippen LogP contribution >= 0.6 is 0 Å². The molecule has 2 N–H and O–H groups in total. The molecule has 2 aromatic rings. The van der Waals surface area contributed by atoms with Crippen molar-refractivity contribution in [2.24, 2.45) is 0 Å². The van der Waals surface area contributed by atoms with Crippen molar-refractivity contribution in [3.63, 3.8) is 0 Å². The van der Waals surface area contributed by atoms with Gasteiger partial charge in [-0.05, 0) is 25.1 Å². The number of aromatic nitrogens is 1.